The van der Waals surface area contributed by atoms with E-state index >= 15 is 0 Å². The van der Waals surface area contributed by atoms with E-state index in [2.05, 4.69) is 17.0 Å². The van der Waals surface area contributed by atoms with Crippen LogP contribution in [0, 0.1) is 0 Å². The van der Waals surface area contributed by atoms with Gasteiger partial charge in [0.05, 0.1) is 5.69 Å². The molecule has 0 bridgehead atoms. The van der Waals surface area contributed by atoms with Crippen molar-refractivity contribution in [1.29, 1.82) is 0 Å². The second-order valence-corrected chi connectivity index (χ2v) is 6.30. The van der Waals surface area contributed by atoms with Crippen LogP contribution in [0.5, 0.6) is 0 Å². The maximum Gasteiger partial charge on any atom is 0.242 e. The van der Waals surface area contributed by atoms with Crippen LogP contribution in [0.2, 0.25) is 0 Å². The van der Waals surface area contributed by atoms with Gasteiger partial charge >= 0.3 is 0 Å². The molecule has 0 aromatic heterocycles. The van der Waals surface area contributed by atoms with Gasteiger partial charge < -0.3 is 11.1 Å². The molecule has 19 heavy (non-hydrogen) atoms. The Bertz CT molecular complexity index is 501. The van der Waals surface area contributed by atoms with Crippen LogP contribution in [0.3, 0.4) is 0 Å². The van der Waals surface area contributed by atoms with E-state index in [9.17, 15) is 8.42 Å². The summed E-state index contributed by atoms with van der Waals surface area (Å²) in [6, 6.07) is 4.92. The van der Waals surface area contributed by atoms with Crippen molar-refractivity contribution in [3.05, 3.63) is 18.2 Å². The smallest absolute Gasteiger partial charge is 0.242 e. The molecule has 0 aliphatic rings. The van der Waals surface area contributed by atoms with Crippen molar-refractivity contribution >= 4 is 21.4 Å². The maximum absolute atomic E-state index is 11.7. The van der Waals surface area contributed by atoms with Gasteiger partial charge in [-0.05, 0) is 31.7 Å². The molecular formula is C13H23N3O2S. The molecule has 0 unspecified atom stereocenters. The molecule has 1 aromatic rings. The summed E-state index contributed by atoms with van der Waals surface area (Å²) < 4.78 is 25.6. The lowest BCUT2D eigenvalue weighted by Gasteiger charge is -2.10. The van der Waals surface area contributed by atoms with Gasteiger partial charge in [-0.1, -0.05) is 26.2 Å². The Morgan fingerprint density at radius 3 is 2.53 bits per heavy atom. The summed E-state index contributed by atoms with van der Waals surface area (Å²) in [4.78, 5) is 0.117. The highest BCUT2D eigenvalue weighted by Gasteiger charge is 2.14. The van der Waals surface area contributed by atoms with Crippen molar-refractivity contribution in [2.75, 3.05) is 24.6 Å². The van der Waals surface area contributed by atoms with Crippen LogP contribution < -0.4 is 15.8 Å². The first-order chi connectivity index (χ1) is 9.01. The topological polar surface area (TPSA) is 84.2 Å². The fraction of sp³-hybridized carbons (Fsp3) is 0.538. The summed E-state index contributed by atoms with van der Waals surface area (Å²) in [5.41, 5.74) is 6.88. The van der Waals surface area contributed by atoms with Crippen molar-refractivity contribution in [3.8, 4) is 0 Å². The van der Waals surface area contributed by atoms with E-state index in [1.165, 1.54) is 32.4 Å². The van der Waals surface area contributed by atoms with Gasteiger partial charge in [-0.25, -0.2) is 13.1 Å². The van der Waals surface area contributed by atoms with Crippen molar-refractivity contribution < 1.29 is 8.42 Å². The highest BCUT2D eigenvalue weighted by Crippen LogP contribution is 2.22. The van der Waals surface area contributed by atoms with E-state index in [0.29, 0.717) is 0 Å². The molecule has 5 nitrogen and oxygen atoms in total. The number of nitrogens with two attached hydrogens (primary N) is 1. The zero-order valence-corrected chi connectivity index (χ0v) is 12.4. The third-order valence-corrected chi connectivity index (χ3v) is 4.42. The van der Waals surface area contributed by atoms with E-state index in [1.54, 1.807) is 12.1 Å². The Hall–Kier alpha value is -1.27. The van der Waals surface area contributed by atoms with E-state index in [1.807, 2.05) is 0 Å². The Morgan fingerprint density at radius 1 is 1.21 bits per heavy atom. The summed E-state index contributed by atoms with van der Waals surface area (Å²) in [7, 11) is -2.11. The molecule has 1 aromatic carbocycles. The first kappa shape index (κ1) is 15.8. The molecule has 0 spiro atoms. The highest BCUT2D eigenvalue weighted by molar-refractivity contribution is 7.89. The predicted molar refractivity (Wildman–Crippen MR) is 79.7 cm³/mol. The van der Waals surface area contributed by atoms with Crippen molar-refractivity contribution in [3.63, 3.8) is 0 Å². The molecule has 1 rings (SSSR count). The number of benzene rings is 1. The molecule has 0 fully saturated rings. The molecule has 0 aliphatic carbocycles. The van der Waals surface area contributed by atoms with Crippen molar-refractivity contribution in [2.45, 2.75) is 37.5 Å². The first-order valence-electron chi connectivity index (χ1n) is 6.58. The van der Waals surface area contributed by atoms with E-state index < -0.39 is 10.0 Å². The molecule has 0 heterocycles. The number of hydrogen-bond donors (Lipinski definition) is 3. The Labute approximate surface area is 115 Å². The minimum atomic E-state index is -3.48. The minimum absolute atomic E-state index is 0.117. The lowest BCUT2D eigenvalue weighted by atomic mass is 10.2. The van der Waals surface area contributed by atoms with Crippen LogP contribution >= 0.6 is 0 Å². The number of hydrogen-bond acceptors (Lipinski definition) is 4. The van der Waals surface area contributed by atoms with Crippen LogP contribution in [0.1, 0.15) is 32.6 Å². The van der Waals surface area contributed by atoms with Crippen LogP contribution in [0.15, 0.2) is 23.1 Å². The fourth-order valence-corrected chi connectivity index (χ4v) is 2.63. The molecule has 6 heteroatoms. The van der Waals surface area contributed by atoms with Gasteiger partial charge in [0.25, 0.3) is 0 Å². The average Bonchev–Trinajstić information content (AvgIpc) is 2.38. The van der Waals surface area contributed by atoms with Crippen molar-refractivity contribution in [1.82, 2.24) is 4.72 Å². The molecule has 0 amide bonds. The molecule has 0 saturated carbocycles. The summed E-state index contributed by atoms with van der Waals surface area (Å²) in [6.45, 7) is 3.05. The van der Waals surface area contributed by atoms with Gasteiger partial charge in [0.2, 0.25) is 10.0 Å². The van der Waals surface area contributed by atoms with Gasteiger partial charge in [0.1, 0.15) is 4.90 Å². The fourth-order valence-electron chi connectivity index (χ4n) is 1.80. The highest BCUT2D eigenvalue weighted by atomic mass is 32.2. The van der Waals surface area contributed by atoms with Gasteiger partial charge in [0, 0.05) is 12.2 Å². The molecule has 0 aliphatic heterocycles. The van der Waals surface area contributed by atoms with Gasteiger partial charge in [-0.15, -0.1) is 0 Å². The maximum atomic E-state index is 11.7. The normalized spacial score (nSPS) is 11.5. The SMILES string of the molecule is CCCCCCNc1ccc(S(=O)(=O)NC)c(N)c1. The summed E-state index contributed by atoms with van der Waals surface area (Å²) in [5, 5.41) is 3.25. The average molecular weight is 285 g/mol. The number of sulfonamides is 1. The van der Waals surface area contributed by atoms with Crippen LogP contribution in [-0.4, -0.2) is 22.0 Å². The largest absolute Gasteiger partial charge is 0.398 e. The number of rotatable bonds is 8. The number of anilines is 2. The van der Waals surface area contributed by atoms with Crippen LogP contribution in [0.4, 0.5) is 11.4 Å². The van der Waals surface area contributed by atoms with Crippen LogP contribution in [0.25, 0.3) is 0 Å². The standard InChI is InChI=1S/C13H23N3O2S/c1-3-4-5-6-9-16-11-7-8-13(12(14)10-11)19(17,18)15-2/h7-8,10,15-16H,3-6,9,14H2,1-2H3. The summed E-state index contributed by atoms with van der Waals surface area (Å²) in [5.74, 6) is 0. The number of nitrogens with one attached hydrogen (secondary N) is 2. The molecule has 0 atom stereocenters. The summed E-state index contributed by atoms with van der Waals surface area (Å²) in [6.07, 6.45) is 4.75. The first-order valence-corrected chi connectivity index (χ1v) is 8.06. The second-order valence-electron chi connectivity index (χ2n) is 4.45. The second kappa shape index (κ2) is 7.35. The lowest BCUT2D eigenvalue weighted by Crippen LogP contribution is -2.20. The monoisotopic (exact) mass is 285 g/mol. The summed E-state index contributed by atoms with van der Waals surface area (Å²) >= 11 is 0. The Morgan fingerprint density at radius 2 is 1.95 bits per heavy atom. The molecule has 108 valence electrons. The van der Waals surface area contributed by atoms with E-state index in [-0.39, 0.29) is 10.6 Å². The third kappa shape index (κ3) is 4.72. The zero-order chi connectivity index (χ0) is 14.3. The van der Waals surface area contributed by atoms with Gasteiger partial charge in [-0.3, -0.25) is 0 Å². The Balaban J connectivity index is 2.62. The van der Waals surface area contributed by atoms with E-state index in [4.69, 9.17) is 5.73 Å². The number of unbranched alkanes of at least 4 members (excludes halogenated alkanes) is 3. The predicted octanol–water partition coefficient (Wildman–Crippen LogP) is 2.17. The van der Waals surface area contributed by atoms with Gasteiger partial charge in [0.15, 0.2) is 0 Å². The van der Waals surface area contributed by atoms with Crippen molar-refractivity contribution in [2.24, 2.45) is 0 Å². The quantitative estimate of drug-likeness (QED) is 0.505. The molecule has 0 saturated heterocycles. The molecule has 0 radical (unpaired) electrons. The van der Waals surface area contributed by atoms with Crippen LogP contribution in [-0.2, 0) is 10.0 Å². The van der Waals surface area contributed by atoms with E-state index in [0.717, 1.165) is 18.7 Å². The zero-order valence-electron chi connectivity index (χ0n) is 11.6. The molecular weight excluding hydrogens is 262 g/mol. The number of nitrogen functional groups attached to an aromatic ring is 1. The molecule has 4 N–H and O–H groups in total. The van der Waals surface area contributed by atoms with Gasteiger partial charge in [-0.2, -0.15) is 0 Å². The Kier molecular flexibility index (Phi) is 6.11. The minimum Gasteiger partial charge on any atom is -0.398 e. The lowest BCUT2D eigenvalue weighted by molar-refractivity contribution is 0.588. The third-order valence-electron chi connectivity index (χ3n) is 2.93.